The second-order valence-electron chi connectivity index (χ2n) is 5.89. The molecule has 0 aliphatic heterocycles. The maximum Gasteiger partial charge on any atom is 0.323 e. The van der Waals surface area contributed by atoms with E-state index in [-0.39, 0.29) is 6.54 Å². The van der Waals surface area contributed by atoms with Crippen molar-refractivity contribution in [3.05, 3.63) is 29.3 Å². The molecule has 1 saturated carbocycles. The van der Waals surface area contributed by atoms with Crippen molar-refractivity contribution < 1.29 is 9.90 Å². The van der Waals surface area contributed by atoms with Gasteiger partial charge in [-0.1, -0.05) is 37.4 Å². The first-order chi connectivity index (χ1) is 9.54. The topological polar surface area (TPSA) is 40.5 Å². The fourth-order valence-electron chi connectivity index (χ4n) is 3.13. The Balaban J connectivity index is 2.09. The first-order valence-electron chi connectivity index (χ1n) is 7.27. The summed E-state index contributed by atoms with van der Waals surface area (Å²) in [6.07, 6.45) is 4.94. The number of hydrogen-bond donors (Lipinski definition) is 1. The Bertz CT molecular complexity index is 464. The zero-order valence-electron chi connectivity index (χ0n) is 11.9. The largest absolute Gasteiger partial charge is 0.480 e. The number of aliphatic carboxylic acids is 1. The van der Waals surface area contributed by atoms with Crippen LogP contribution in [0.2, 0.25) is 5.02 Å². The fourth-order valence-corrected chi connectivity index (χ4v) is 3.32. The molecule has 3 nitrogen and oxygen atoms in total. The van der Waals surface area contributed by atoms with Gasteiger partial charge in [-0.15, -0.1) is 0 Å². The van der Waals surface area contributed by atoms with Gasteiger partial charge in [0.05, 0.1) is 0 Å². The average molecular weight is 296 g/mol. The van der Waals surface area contributed by atoms with Crippen molar-refractivity contribution in [3.63, 3.8) is 0 Å². The third-order valence-electron chi connectivity index (χ3n) is 4.02. The number of carbonyl (C=O) groups is 1. The number of hydrogen-bond acceptors (Lipinski definition) is 2. The van der Waals surface area contributed by atoms with Crippen LogP contribution in [0, 0.1) is 11.8 Å². The highest BCUT2D eigenvalue weighted by Gasteiger charge is 2.22. The maximum atomic E-state index is 11.1. The lowest BCUT2D eigenvalue weighted by Gasteiger charge is -2.32. The lowest BCUT2D eigenvalue weighted by molar-refractivity contribution is -0.135. The van der Waals surface area contributed by atoms with Gasteiger partial charge in [-0.05, 0) is 42.9 Å². The summed E-state index contributed by atoms with van der Waals surface area (Å²) in [7, 11) is 0. The molecule has 0 aromatic heterocycles. The molecule has 4 heteroatoms. The third kappa shape index (κ3) is 4.41. The fraction of sp³-hybridized carbons (Fsp3) is 0.562. The van der Waals surface area contributed by atoms with Crippen LogP contribution in [0.4, 0.5) is 5.69 Å². The van der Waals surface area contributed by atoms with Gasteiger partial charge < -0.3 is 10.0 Å². The van der Waals surface area contributed by atoms with Crippen molar-refractivity contribution in [2.45, 2.75) is 32.6 Å². The highest BCUT2D eigenvalue weighted by Crippen LogP contribution is 2.30. The standard InChI is InChI=1S/C16H22ClNO2/c1-12-4-2-5-13(8-12)10-18(11-16(19)20)15-7-3-6-14(17)9-15/h3,6-7,9,12-13H,2,4-5,8,10-11H2,1H3,(H,19,20). The van der Waals surface area contributed by atoms with E-state index >= 15 is 0 Å². The summed E-state index contributed by atoms with van der Waals surface area (Å²) in [5, 5.41) is 9.77. The Morgan fingerprint density at radius 2 is 2.25 bits per heavy atom. The van der Waals surface area contributed by atoms with Crippen LogP contribution in [0.3, 0.4) is 0 Å². The highest BCUT2D eigenvalue weighted by molar-refractivity contribution is 6.30. The number of anilines is 1. The summed E-state index contributed by atoms with van der Waals surface area (Å²) in [5.74, 6) is 0.533. The van der Waals surface area contributed by atoms with Gasteiger partial charge in [-0.3, -0.25) is 4.79 Å². The predicted octanol–water partition coefficient (Wildman–Crippen LogP) is 4.06. The van der Waals surface area contributed by atoms with Crippen LogP contribution in [-0.2, 0) is 4.79 Å². The monoisotopic (exact) mass is 295 g/mol. The number of benzene rings is 1. The second kappa shape index (κ2) is 6.98. The maximum absolute atomic E-state index is 11.1. The van der Waals surface area contributed by atoms with Crippen LogP contribution in [-0.4, -0.2) is 24.2 Å². The number of nitrogens with zero attached hydrogens (tertiary/aromatic N) is 1. The minimum Gasteiger partial charge on any atom is -0.480 e. The van der Waals surface area contributed by atoms with Gasteiger partial charge in [0.25, 0.3) is 0 Å². The molecule has 2 atom stereocenters. The van der Waals surface area contributed by atoms with Crippen molar-refractivity contribution in [1.29, 1.82) is 0 Å². The molecule has 20 heavy (non-hydrogen) atoms. The van der Waals surface area contributed by atoms with E-state index < -0.39 is 5.97 Å². The van der Waals surface area contributed by atoms with Gasteiger partial charge in [0.1, 0.15) is 6.54 Å². The molecule has 1 aliphatic carbocycles. The lowest BCUT2D eigenvalue weighted by Crippen LogP contribution is -2.35. The Labute approximate surface area is 125 Å². The van der Waals surface area contributed by atoms with Crippen LogP contribution in [0.25, 0.3) is 0 Å². The molecule has 1 aromatic rings. The summed E-state index contributed by atoms with van der Waals surface area (Å²) in [6.45, 7) is 3.12. The Morgan fingerprint density at radius 3 is 2.90 bits per heavy atom. The van der Waals surface area contributed by atoms with E-state index in [0.717, 1.165) is 18.2 Å². The van der Waals surface area contributed by atoms with Crippen molar-refractivity contribution in [2.75, 3.05) is 18.0 Å². The predicted molar refractivity (Wildman–Crippen MR) is 82.4 cm³/mol. The zero-order chi connectivity index (χ0) is 14.5. The van der Waals surface area contributed by atoms with E-state index in [9.17, 15) is 4.79 Å². The van der Waals surface area contributed by atoms with Crippen LogP contribution >= 0.6 is 11.6 Å². The second-order valence-corrected chi connectivity index (χ2v) is 6.33. The number of carboxylic acids is 1. The first-order valence-corrected chi connectivity index (χ1v) is 7.64. The molecular weight excluding hydrogens is 274 g/mol. The van der Waals surface area contributed by atoms with E-state index in [2.05, 4.69) is 6.92 Å². The molecule has 0 saturated heterocycles. The van der Waals surface area contributed by atoms with Gasteiger partial charge in [0.15, 0.2) is 0 Å². The Morgan fingerprint density at radius 1 is 1.45 bits per heavy atom. The van der Waals surface area contributed by atoms with Crippen molar-refractivity contribution in [3.8, 4) is 0 Å². The van der Waals surface area contributed by atoms with Crippen molar-refractivity contribution in [1.82, 2.24) is 0 Å². The quantitative estimate of drug-likeness (QED) is 0.890. The summed E-state index contributed by atoms with van der Waals surface area (Å²) < 4.78 is 0. The highest BCUT2D eigenvalue weighted by atomic mass is 35.5. The molecule has 2 rings (SSSR count). The van der Waals surface area contributed by atoms with Gasteiger partial charge in [0, 0.05) is 17.3 Å². The molecule has 0 heterocycles. The summed E-state index contributed by atoms with van der Waals surface area (Å²) in [4.78, 5) is 13.0. The van der Waals surface area contributed by atoms with Crippen LogP contribution < -0.4 is 4.90 Å². The molecule has 0 amide bonds. The minimum atomic E-state index is -0.797. The van der Waals surface area contributed by atoms with Crippen LogP contribution in [0.1, 0.15) is 32.6 Å². The summed E-state index contributed by atoms with van der Waals surface area (Å²) in [6, 6.07) is 7.46. The molecule has 2 unspecified atom stereocenters. The molecule has 1 fully saturated rings. The van der Waals surface area contributed by atoms with Gasteiger partial charge in [-0.25, -0.2) is 0 Å². The Hall–Kier alpha value is -1.22. The Kier molecular flexibility index (Phi) is 5.30. The first kappa shape index (κ1) is 15.2. The van der Waals surface area contributed by atoms with E-state index in [1.54, 1.807) is 0 Å². The SMILES string of the molecule is CC1CCCC(CN(CC(=O)O)c2cccc(Cl)c2)C1. The number of rotatable bonds is 5. The third-order valence-corrected chi connectivity index (χ3v) is 4.26. The van der Waals surface area contributed by atoms with E-state index in [1.807, 2.05) is 29.2 Å². The van der Waals surface area contributed by atoms with Gasteiger partial charge in [-0.2, -0.15) is 0 Å². The molecular formula is C16H22ClNO2. The summed E-state index contributed by atoms with van der Waals surface area (Å²) >= 11 is 6.02. The lowest BCUT2D eigenvalue weighted by atomic mass is 9.82. The van der Waals surface area contributed by atoms with Crippen LogP contribution in [0.5, 0.6) is 0 Å². The van der Waals surface area contributed by atoms with E-state index in [4.69, 9.17) is 16.7 Å². The van der Waals surface area contributed by atoms with Gasteiger partial charge >= 0.3 is 5.97 Å². The molecule has 110 valence electrons. The minimum absolute atomic E-state index is 0.0330. The average Bonchev–Trinajstić information content (AvgIpc) is 2.37. The molecule has 1 aromatic carbocycles. The molecule has 1 aliphatic rings. The van der Waals surface area contributed by atoms with Crippen LogP contribution in [0.15, 0.2) is 24.3 Å². The normalized spacial score (nSPS) is 22.5. The number of carboxylic acid groups (broad SMARTS) is 1. The smallest absolute Gasteiger partial charge is 0.323 e. The molecule has 0 bridgehead atoms. The van der Waals surface area contributed by atoms with E-state index in [1.165, 1.54) is 25.7 Å². The van der Waals surface area contributed by atoms with E-state index in [0.29, 0.717) is 10.9 Å². The van der Waals surface area contributed by atoms with Crippen molar-refractivity contribution in [2.24, 2.45) is 11.8 Å². The summed E-state index contributed by atoms with van der Waals surface area (Å²) in [5.41, 5.74) is 0.901. The molecule has 0 spiro atoms. The van der Waals surface area contributed by atoms with Crippen molar-refractivity contribution >= 4 is 23.3 Å². The zero-order valence-corrected chi connectivity index (χ0v) is 12.6. The van der Waals surface area contributed by atoms with Gasteiger partial charge in [0.2, 0.25) is 0 Å². The molecule has 0 radical (unpaired) electrons. The molecule has 1 N–H and O–H groups in total. The number of halogens is 1.